The van der Waals surface area contributed by atoms with Crippen LogP contribution < -0.4 is 5.32 Å². The number of amides is 1. The molecule has 1 amide bonds. The van der Waals surface area contributed by atoms with Gasteiger partial charge in [0.05, 0.1) is 31.3 Å². The summed E-state index contributed by atoms with van der Waals surface area (Å²) in [6, 6.07) is 4.75. The number of aromatic nitrogens is 3. The number of aryl methyl sites for hydroxylation is 1. The molecule has 1 saturated heterocycles. The first-order valence-corrected chi connectivity index (χ1v) is 10.2. The molecule has 0 spiro atoms. The van der Waals surface area contributed by atoms with Crippen LogP contribution in [0.2, 0.25) is 0 Å². The molecule has 0 bridgehead atoms. The summed E-state index contributed by atoms with van der Waals surface area (Å²) < 4.78 is 35.8. The lowest BCUT2D eigenvalue weighted by molar-refractivity contribution is -0.111. The van der Waals surface area contributed by atoms with Crippen LogP contribution in [-0.4, -0.2) is 51.9 Å². The highest BCUT2D eigenvalue weighted by Crippen LogP contribution is 2.26. The predicted molar refractivity (Wildman–Crippen MR) is 117 cm³/mol. The van der Waals surface area contributed by atoms with Crippen molar-refractivity contribution in [1.29, 1.82) is 0 Å². The standard InChI is InChI=1S/C23H23F2N5O2/c1-29-15-18(12-27-29)23-17(11-26-13-20(23)25)3-5-22(31)28-21-4-2-16(10-19(21)24)14-30-6-8-32-9-7-30/h2-5,10-13,15H,6-9,14H2,1H3,(H,28,31)/b5-3+. The molecule has 7 nitrogen and oxygen atoms in total. The molecule has 4 rings (SSSR count). The Labute approximate surface area is 184 Å². The van der Waals surface area contributed by atoms with E-state index in [1.54, 1.807) is 30.1 Å². The SMILES string of the molecule is Cn1cc(-c2c(F)cncc2/C=C/C(=O)Nc2ccc(CN3CCOCC3)cc2F)cn1. The van der Waals surface area contributed by atoms with Gasteiger partial charge in [-0.2, -0.15) is 5.10 Å². The van der Waals surface area contributed by atoms with E-state index in [0.717, 1.165) is 24.8 Å². The Bertz CT molecular complexity index is 1140. The van der Waals surface area contributed by atoms with Gasteiger partial charge in [0, 0.05) is 61.8 Å². The lowest BCUT2D eigenvalue weighted by atomic mass is 10.0. The summed E-state index contributed by atoms with van der Waals surface area (Å²) in [7, 11) is 1.73. The number of morpholine rings is 1. The second-order valence-corrected chi connectivity index (χ2v) is 7.51. The number of nitrogens with zero attached hydrogens (tertiary/aromatic N) is 4. The summed E-state index contributed by atoms with van der Waals surface area (Å²) in [5.41, 5.74) is 2.17. The van der Waals surface area contributed by atoms with E-state index in [1.807, 2.05) is 0 Å². The number of halogens is 2. The van der Waals surface area contributed by atoms with Crippen LogP contribution >= 0.6 is 0 Å². The number of anilines is 1. The van der Waals surface area contributed by atoms with Crippen LogP contribution in [0.4, 0.5) is 14.5 Å². The number of rotatable bonds is 6. The Morgan fingerprint density at radius 1 is 1.19 bits per heavy atom. The maximum Gasteiger partial charge on any atom is 0.248 e. The van der Waals surface area contributed by atoms with Crippen molar-refractivity contribution in [3.05, 3.63) is 71.8 Å². The maximum absolute atomic E-state index is 14.5. The van der Waals surface area contributed by atoms with Gasteiger partial charge >= 0.3 is 0 Å². The minimum atomic E-state index is -0.536. The fraction of sp³-hybridized carbons (Fsp3) is 0.261. The largest absolute Gasteiger partial charge is 0.379 e. The van der Waals surface area contributed by atoms with Gasteiger partial charge in [-0.25, -0.2) is 8.78 Å². The van der Waals surface area contributed by atoms with Crippen molar-refractivity contribution in [3.8, 4) is 11.1 Å². The lowest BCUT2D eigenvalue weighted by Gasteiger charge is -2.26. The van der Waals surface area contributed by atoms with Crippen molar-refractivity contribution in [2.24, 2.45) is 7.05 Å². The predicted octanol–water partition coefficient (Wildman–Crippen LogP) is 3.24. The van der Waals surface area contributed by atoms with Crippen LogP contribution in [0, 0.1) is 11.6 Å². The third kappa shape index (κ3) is 5.24. The fourth-order valence-electron chi connectivity index (χ4n) is 3.55. The highest BCUT2D eigenvalue weighted by atomic mass is 19.1. The van der Waals surface area contributed by atoms with Crippen molar-refractivity contribution in [2.75, 3.05) is 31.6 Å². The number of hydrogen-bond acceptors (Lipinski definition) is 5. The Morgan fingerprint density at radius 3 is 2.72 bits per heavy atom. The zero-order chi connectivity index (χ0) is 22.5. The highest BCUT2D eigenvalue weighted by Gasteiger charge is 2.14. The zero-order valence-corrected chi connectivity index (χ0v) is 17.6. The molecule has 1 N–H and O–H groups in total. The fourth-order valence-corrected chi connectivity index (χ4v) is 3.55. The second kappa shape index (κ2) is 9.80. The van der Waals surface area contributed by atoms with Crippen molar-refractivity contribution in [3.63, 3.8) is 0 Å². The third-order valence-corrected chi connectivity index (χ3v) is 5.14. The van der Waals surface area contributed by atoms with Gasteiger partial charge in [0.25, 0.3) is 0 Å². The van der Waals surface area contributed by atoms with Crippen LogP contribution in [-0.2, 0) is 23.1 Å². The van der Waals surface area contributed by atoms with Crippen molar-refractivity contribution >= 4 is 17.7 Å². The van der Waals surface area contributed by atoms with Crippen LogP contribution in [0.1, 0.15) is 11.1 Å². The van der Waals surface area contributed by atoms with E-state index in [0.29, 0.717) is 30.9 Å². The zero-order valence-electron chi connectivity index (χ0n) is 17.6. The Kier molecular flexibility index (Phi) is 6.67. The molecule has 0 atom stereocenters. The highest BCUT2D eigenvalue weighted by molar-refractivity contribution is 6.02. The third-order valence-electron chi connectivity index (χ3n) is 5.14. The Balaban J connectivity index is 1.44. The van der Waals surface area contributed by atoms with Crippen molar-refractivity contribution in [2.45, 2.75) is 6.54 Å². The monoisotopic (exact) mass is 439 g/mol. The first-order valence-electron chi connectivity index (χ1n) is 10.2. The molecule has 0 saturated carbocycles. The summed E-state index contributed by atoms with van der Waals surface area (Å²) in [5.74, 6) is -1.57. The summed E-state index contributed by atoms with van der Waals surface area (Å²) in [4.78, 5) is 18.4. The lowest BCUT2D eigenvalue weighted by Crippen LogP contribution is -2.35. The topological polar surface area (TPSA) is 72.3 Å². The smallest absolute Gasteiger partial charge is 0.248 e. The van der Waals surface area contributed by atoms with E-state index in [1.165, 1.54) is 30.6 Å². The first-order chi connectivity index (χ1) is 15.5. The molecule has 1 aliphatic rings. The molecule has 9 heteroatoms. The van der Waals surface area contributed by atoms with Gasteiger partial charge in [-0.1, -0.05) is 6.07 Å². The van der Waals surface area contributed by atoms with Gasteiger partial charge in [-0.05, 0) is 23.8 Å². The molecule has 1 fully saturated rings. The van der Waals surface area contributed by atoms with Gasteiger partial charge in [-0.3, -0.25) is 19.4 Å². The van der Waals surface area contributed by atoms with E-state index in [9.17, 15) is 13.6 Å². The van der Waals surface area contributed by atoms with Crippen LogP contribution in [0.5, 0.6) is 0 Å². The van der Waals surface area contributed by atoms with Crippen LogP contribution in [0.25, 0.3) is 17.2 Å². The molecule has 1 aliphatic heterocycles. The number of nitrogens with one attached hydrogen (secondary N) is 1. The minimum absolute atomic E-state index is 0.0789. The van der Waals surface area contributed by atoms with Gasteiger partial charge in [0.2, 0.25) is 5.91 Å². The maximum atomic E-state index is 14.5. The summed E-state index contributed by atoms with van der Waals surface area (Å²) in [6.45, 7) is 3.58. The van der Waals surface area contributed by atoms with E-state index in [4.69, 9.17) is 4.74 Å². The molecule has 0 aliphatic carbocycles. The normalized spacial score (nSPS) is 14.7. The number of ether oxygens (including phenoxy) is 1. The van der Waals surface area contributed by atoms with Gasteiger partial charge in [-0.15, -0.1) is 0 Å². The molecule has 3 heterocycles. The molecular formula is C23H23F2N5O2. The average Bonchev–Trinajstić information content (AvgIpc) is 3.20. The van der Waals surface area contributed by atoms with Crippen LogP contribution in [0.15, 0.2) is 49.1 Å². The van der Waals surface area contributed by atoms with E-state index < -0.39 is 17.5 Å². The summed E-state index contributed by atoms with van der Waals surface area (Å²) in [5, 5.41) is 6.58. The van der Waals surface area contributed by atoms with E-state index in [2.05, 4.69) is 20.3 Å². The molecule has 32 heavy (non-hydrogen) atoms. The van der Waals surface area contributed by atoms with E-state index >= 15 is 0 Å². The average molecular weight is 439 g/mol. The van der Waals surface area contributed by atoms with Crippen molar-refractivity contribution in [1.82, 2.24) is 19.7 Å². The number of pyridine rings is 1. The molecule has 1 aromatic carbocycles. The quantitative estimate of drug-likeness (QED) is 0.597. The van der Waals surface area contributed by atoms with Crippen molar-refractivity contribution < 1.29 is 18.3 Å². The Morgan fingerprint density at radius 2 is 2.00 bits per heavy atom. The molecular weight excluding hydrogens is 416 g/mol. The minimum Gasteiger partial charge on any atom is -0.379 e. The molecule has 2 aromatic heterocycles. The molecule has 3 aromatic rings. The van der Waals surface area contributed by atoms with Crippen LogP contribution in [0.3, 0.4) is 0 Å². The van der Waals surface area contributed by atoms with Gasteiger partial charge in [0.15, 0.2) is 0 Å². The van der Waals surface area contributed by atoms with E-state index in [-0.39, 0.29) is 11.3 Å². The van der Waals surface area contributed by atoms with Gasteiger partial charge < -0.3 is 10.1 Å². The number of carbonyl (C=O) groups is 1. The molecule has 166 valence electrons. The second-order valence-electron chi connectivity index (χ2n) is 7.51. The Hall–Kier alpha value is -3.43. The summed E-state index contributed by atoms with van der Waals surface area (Å²) >= 11 is 0. The number of benzene rings is 1. The number of carbonyl (C=O) groups excluding carboxylic acids is 1. The van der Waals surface area contributed by atoms with Gasteiger partial charge in [0.1, 0.15) is 11.6 Å². The molecule has 0 radical (unpaired) electrons. The molecule has 0 unspecified atom stereocenters. The summed E-state index contributed by atoms with van der Waals surface area (Å²) in [6.07, 6.45) is 8.42. The first kappa shape index (κ1) is 21.8. The number of hydrogen-bond donors (Lipinski definition) is 1.